The van der Waals surface area contributed by atoms with Crippen molar-refractivity contribution >= 4 is 11.7 Å². The summed E-state index contributed by atoms with van der Waals surface area (Å²) in [5.74, 6) is -0.914. The predicted octanol–water partition coefficient (Wildman–Crippen LogP) is 0.779. The second kappa shape index (κ2) is 6.58. The van der Waals surface area contributed by atoms with Crippen LogP contribution in [0.2, 0.25) is 0 Å². The van der Waals surface area contributed by atoms with Crippen LogP contribution in [-0.4, -0.2) is 21.9 Å². The number of pyridine rings is 1. The largest absolute Gasteiger partial charge is 0.409 e. The molecule has 0 aromatic carbocycles. The summed E-state index contributed by atoms with van der Waals surface area (Å²) in [6, 6.07) is 1.85. The molecule has 0 aliphatic rings. The minimum atomic E-state index is -0.600. The number of nitrogens with one attached hydrogen (secondary N) is 1. The lowest BCUT2D eigenvalue weighted by molar-refractivity contribution is -0.123. The third kappa shape index (κ3) is 3.44. The van der Waals surface area contributed by atoms with Gasteiger partial charge in [-0.2, -0.15) is 0 Å². The van der Waals surface area contributed by atoms with Gasteiger partial charge in [-0.1, -0.05) is 12.1 Å². The molecule has 0 saturated carbocycles. The van der Waals surface area contributed by atoms with Crippen molar-refractivity contribution in [1.82, 2.24) is 10.3 Å². The molecule has 1 rings (SSSR count). The van der Waals surface area contributed by atoms with Crippen molar-refractivity contribution in [3.05, 3.63) is 29.6 Å². The molecule has 0 aliphatic heterocycles. The van der Waals surface area contributed by atoms with Gasteiger partial charge in [0.25, 0.3) is 0 Å². The standard InChI is InChI=1S/C12H18N4O2/c1-3-10(11(13)16-18)12(17)15-7-9-4-5-14-6-8(9)2/h4-6,10,18H,3,7H2,1-2H3,(H2,13,16)(H,15,17). The molecule has 0 radical (unpaired) electrons. The summed E-state index contributed by atoms with van der Waals surface area (Å²) >= 11 is 0. The first-order valence-electron chi connectivity index (χ1n) is 5.74. The van der Waals surface area contributed by atoms with Crippen molar-refractivity contribution in [3.8, 4) is 0 Å². The lowest BCUT2D eigenvalue weighted by Gasteiger charge is -2.14. The normalized spacial score (nSPS) is 13.1. The van der Waals surface area contributed by atoms with Gasteiger partial charge in [-0.05, 0) is 30.5 Å². The van der Waals surface area contributed by atoms with Gasteiger partial charge in [0.05, 0.1) is 5.92 Å². The van der Waals surface area contributed by atoms with E-state index >= 15 is 0 Å². The van der Waals surface area contributed by atoms with E-state index in [9.17, 15) is 4.79 Å². The highest BCUT2D eigenvalue weighted by molar-refractivity contribution is 6.01. The third-order valence-corrected chi connectivity index (χ3v) is 2.79. The van der Waals surface area contributed by atoms with Gasteiger partial charge in [-0.3, -0.25) is 9.78 Å². The topological polar surface area (TPSA) is 101 Å². The summed E-state index contributed by atoms with van der Waals surface area (Å²) in [5, 5.41) is 14.2. The van der Waals surface area contributed by atoms with Gasteiger partial charge < -0.3 is 16.3 Å². The van der Waals surface area contributed by atoms with Crippen LogP contribution in [0.4, 0.5) is 0 Å². The van der Waals surface area contributed by atoms with Crippen LogP contribution in [0.5, 0.6) is 0 Å². The number of amides is 1. The fourth-order valence-corrected chi connectivity index (χ4v) is 1.60. The average molecular weight is 250 g/mol. The van der Waals surface area contributed by atoms with Gasteiger partial charge in [0.15, 0.2) is 5.84 Å². The molecule has 1 atom stereocenters. The number of rotatable bonds is 5. The Labute approximate surface area is 106 Å². The number of nitrogens with two attached hydrogens (primary N) is 1. The quantitative estimate of drug-likeness (QED) is 0.311. The lowest BCUT2D eigenvalue weighted by atomic mass is 10.0. The molecule has 1 unspecified atom stereocenters. The molecule has 0 spiro atoms. The van der Waals surface area contributed by atoms with Gasteiger partial charge in [0, 0.05) is 18.9 Å². The summed E-state index contributed by atoms with van der Waals surface area (Å²) in [5.41, 5.74) is 7.46. The maximum absolute atomic E-state index is 11.9. The van der Waals surface area contributed by atoms with Crippen molar-refractivity contribution < 1.29 is 10.0 Å². The molecule has 6 nitrogen and oxygen atoms in total. The molecule has 1 heterocycles. The summed E-state index contributed by atoms with van der Waals surface area (Å²) in [6.45, 7) is 4.14. The molecule has 18 heavy (non-hydrogen) atoms. The molecule has 1 amide bonds. The number of hydrogen-bond acceptors (Lipinski definition) is 4. The molecule has 1 aromatic heterocycles. The number of aryl methyl sites for hydroxylation is 1. The Morgan fingerprint density at radius 3 is 2.94 bits per heavy atom. The molecular formula is C12H18N4O2. The maximum atomic E-state index is 11.9. The van der Waals surface area contributed by atoms with Crippen LogP contribution in [0.25, 0.3) is 0 Å². The molecule has 98 valence electrons. The second-order valence-corrected chi connectivity index (χ2v) is 4.01. The zero-order valence-corrected chi connectivity index (χ0v) is 10.6. The van der Waals surface area contributed by atoms with Crippen molar-refractivity contribution in [2.75, 3.05) is 0 Å². The van der Waals surface area contributed by atoms with Gasteiger partial charge in [0.2, 0.25) is 5.91 Å². The van der Waals surface area contributed by atoms with Gasteiger partial charge in [-0.25, -0.2) is 0 Å². The van der Waals surface area contributed by atoms with Crippen molar-refractivity contribution in [2.45, 2.75) is 26.8 Å². The minimum Gasteiger partial charge on any atom is -0.409 e. The number of amidine groups is 1. The fourth-order valence-electron chi connectivity index (χ4n) is 1.60. The fraction of sp³-hybridized carbons (Fsp3) is 0.417. The highest BCUT2D eigenvalue weighted by Crippen LogP contribution is 2.07. The van der Waals surface area contributed by atoms with Crippen LogP contribution >= 0.6 is 0 Å². The summed E-state index contributed by atoms with van der Waals surface area (Å²) in [6.07, 6.45) is 3.90. The number of nitrogens with zero attached hydrogens (tertiary/aromatic N) is 2. The Hall–Kier alpha value is -2.11. The van der Waals surface area contributed by atoms with Crippen LogP contribution in [-0.2, 0) is 11.3 Å². The zero-order valence-electron chi connectivity index (χ0n) is 10.6. The van der Waals surface area contributed by atoms with E-state index in [-0.39, 0.29) is 11.7 Å². The molecule has 0 saturated heterocycles. The molecule has 0 aliphatic carbocycles. The van der Waals surface area contributed by atoms with E-state index in [0.29, 0.717) is 13.0 Å². The summed E-state index contributed by atoms with van der Waals surface area (Å²) < 4.78 is 0. The Morgan fingerprint density at radius 2 is 2.39 bits per heavy atom. The van der Waals surface area contributed by atoms with Crippen LogP contribution in [0.3, 0.4) is 0 Å². The Kier molecular flexibility index (Phi) is 5.10. The molecule has 0 fully saturated rings. The van der Waals surface area contributed by atoms with Crippen LogP contribution in [0.15, 0.2) is 23.6 Å². The summed E-state index contributed by atoms with van der Waals surface area (Å²) in [7, 11) is 0. The highest BCUT2D eigenvalue weighted by atomic mass is 16.4. The third-order valence-electron chi connectivity index (χ3n) is 2.79. The first-order valence-corrected chi connectivity index (χ1v) is 5.74. The Morgan fingerprint density at radius 1 is 1.67 bits per heavy atom. The molecule has 6 heteroatoms. The van der Waals surface area contributed by atoms with Gasteiger partial charge in [-0.15, -0.1) is 0 Å². The number of carbonyl (C=O) groups is 1. The van der Waals surface area contributed by atoms with E-state index in [1.807, 2.05) is 13.0 Å². The van der Waals surface area contributed by atoms with Crippen molar-refractivity contribution in [1.29, 1.82) is 0 Å². The smallest absolute Gasteiger partial charge is 0.231 e. The molecular weight excluding hydrogens is 232 g/mol. The average Bonchev–Trinajstić information content (AvgIpc) is 2.38. The lowest BCUT2D eigenvalue weighted by Crippen LogP contribution is -2.38. The van der Waals surface area contributed by atoms with E-state index < -0.39 is 5.92 Å². The maximum Gasteiger partial charge on any atom is 0.231 e. The molecule has 0 bridgehead atoms. The Balaban J connectivity index is 2.63. The Bertz CT molecular complexity index is 445. The predicted molar refractivity (Wildman–Crippen MR) is 68.0 cm³/mol. The SMILES string of the molecule is CCC(C(=O)NCc1ccncc1C)/C(N)=N/O. The number of aromatic nitrogens is 1. The molecule has 1 aromatic rings. The van der Waals surface area contributed by atoms with E-state index in [0.717, 1.165) is 11.1 Å². The first kappa shape index (κ1) is 14.0. The second-order valence-electron chi connectivity index (χ2n) is 4.01. The highest BCUT2D eigenvalue weighted by Gasteiger charge is 2.20. The van der Waals surface area contributed by atoms with E-state index in [1.54, 1.807) is 19.3 Å². The zero-order chi connectivity index (χ0) is 13.5. The monoisotopic (exact) mass is 250 g/mol. The number of carbonyl (C=O) groups excluding carboxylic acids is 1. The van der Waals surface area contributed by atoms with E-state index in [2.05, 4.69) is 15.5 Å². The van der Waals surface area contributed by atoms with Crippen LogP contribution in [0.1, 0.15) is 24.5 Å². The van der Waals surface area contributed by atoms with E-state index in [4.69, 9.17) is 10.9 Å². The molecule has 4 N–H and O–H groups in total. The minimum absolute atomic E-state index is 0.0681. The first-order chi connectivity index (χ1) is 8.60. The van der Waals surface area contributed by atoms with Gasteiger partial charge in [0.1, 0.15) is 0 Å². The summed E-state index contributed by atoms with van der Waals surface area (Å²) in [4.78, 5) is 15.8. The number of hydrogen-bond donors (Lipinski definition) is 3. The van der Waals surface area contributed by atoms with Crippen LogP contribution in [0, 0.1) is 12.8 Å². The van der Waals surface area contributed by atoms with Gasteiger partial charge >= 0.3 is 0 Å². The number of oxime groups is 1. The van der Waals surface area contributed by atoms with Crippen molar-refractivity contribution in [2.24, 2.45) is 16.8 Å². The van der Waals surface area contributed by atoms with Crippen LogP contribution < -0.4 is 11.1 Å². The van der Waals surface area contributed by atoms with Crippen molar-refractivity contribution in [3.63, 3.8) is 0 Å². The van der Waals surface area contributed by atoms with E-state index in [1.165, 1.54) is 0 Å².